The van der Waals surface area contributed by atoms with Crippen molar-refractivity contribution < 1.29 is 0 Å². The summed E-state index contributed by atoms with van der Waals surface area (Å²) >= 11 is 9.65. The van der Waals surface area contributed by atoms with E-state index in [1.165, 1.54) is 5.56 Å². The van der Waals surface area contributed by atoms with Gasteiger partial charge in [0, 0.05) is 36.2 Å². The molecule has 3 atom stereocenters. The van der Waals surface area contributed by atoms with E-state index in [4.69, 9.17) is 17.3 Å². The minimum Gasteiger partial charge on any atom is -0.329 e. The summed E-state index contributed by atoms with van der Waals surface area (Å²) in [4.78, 5) is 4.79. The first-order valence-corrected chi connectivity index (χ1v) is 8.16. The molecule has 1 fully saturated rings. The highest BCUT2D eigenvalue weighted by molar-refractivity contribution is 9.10. The van der Waals surface area contributed by atoms with Crippen LogP contribution < -0.4 is 5.73 Å². The number of likely N-dealkylation sites (tertiary alicyclic amines) is 1. The fraction of sp³-hybridized carbons (Fsp3) is 0.600. The monoisotopic (exact) mass is 359 g/mol. The van der Waals surface area contributed by atoms with Gasteiger partial charge in [0.05, 0.1) is 5.02 Å². The van der Waals surface area contributed by atoms with Crippen LogP contribution >= 0.6 is 27.5 Å². The van der Waals surface area contributed by atoms with Crippen molar-refractivity contribution in [2.45, 2.75) is 19.0 Å². The van der Waals surface area contributed by atoms with E-state index in [0.717, 1.165) is 22.6 Å². The highest BCUT2D eigenvalue weighted by atomic mass is 79.9. The third-order valence-corrected chi connectivity index (χ3v) is 5.49. The van der Waals surface area contributed by atoms with Gasteiger partial charge in [-0.1, -0.05) is 24.6 Å². The van der Waals surface area contributed by atoms with Gasteiger partial charge in [-0.3, -0.25) is 4.90 Å². The second kappa shape index (κ2) is 6.75. The molecule has 5 heteroatoms. The third-order valence-electron chi connectivity index (χ3n) is 4.26. The number of nitrogens with two attached hydrogens (primary N) is 1. The maximum atomic E-state index is 6.21. The van der Waals surface area contributed by atoms with E-state index in [-0.39, 0.29) is 6.04 Å². The van der Waals surface area contributed by atoms with Crippen LogP contribution in [0.25, 0.3) is 0 Å². The zero-order valence-electron chi connectivity index (χ0n) is 12.3. The van der Waals surface area contributed by atoms with E-state index in [1.54, 1.807) is 0 Å². The van der Waals surface area contributed by atoms with Crippen molar-refractivity contribution in [2.75, 3.05) is 33.7 Å². The molecule has 1 aliphatic rings. The van der Waals surface area contributed by atoms with Gasteiger partial charge in [-0.25, -0.2) is 0 Å². The Morgan fingerprint density at radius 2 is 2.15 bits per heavy atom. The quantitative estimate of drug-likeness (QED) is 0.896. The van der Waals surface area contributed by atoms with E-state index in [1.807, 2.05) is 12.1 Å². The normalized spacial score (nSPS) is 25.4. The van der Waals surface area contributed by atoms with Crippen LogP contribution in [0.4, 0.5) is 0 Å². The van der Waals surface area contributed by atoms with Gasteiger partial charge < -0.3 is 10.6 Å². The van der Waals surface area contributed by atoms with E-state index in [9.17, 15) is 0 Å². The Labute approximate surface area is 135 Å². The van der Waals surface area contributed by atoms with Crippen molar-refractivity contribution in [1.29, 1.82) is 0 Å². The summed E-state index contributed by atoms with van der Waals surface area (Å²) in [6, 6.07) is 6.98. The van der Waals surface area contributed by atoms with Crippen molar-refractivity contribution in [3.63, 3.8) is 0 Å². The zero-order chi connectivity index (χ0) is 14.9. The fourth-order valence-corrected chi connectivity index (χ4v) is 3.56. The number of hydrogen-bond donors (Lipinski definition) is 1. The van der Waals surface area contributed by atoms with E-state index in [0.29, 0.717) is 18.5 Å². The van der Waals surface area contributed by atoms with Crippen molar-refractivity contribution >= 4 is 27.5 Å². The fourth-order valence-electron chi connectivity index (χ4n) is 3.13. The third kappa shape index (κ3) is 3.37. The van der Waals surface area contributed by atoms with Crippen molar-refractivity contribution in [1.82, 2.24) is 9.80 Å². The van der Waals surface area contributed by atoms with Crippen LogP contribution in [0.2, 0.25) is 5.02 Å². The average Bonchev–Trinajstić information content (AvgIpc) is 2.77. The largest absolute Gasteiger partial charge is 0.329 e. The molecular formula is C15H23BrClN3. The molecular weight excluding hydrogens is 338 g/mol. The number of likely N-dealkylation sites (N-methyl/N-ethyl adjacent to an activating group) is 1. The lowest BCUT2D eigenvalue weighted by molar-refractivity contribution is 0.219. The number of hydrogen-bond acceptors (Lipinski definition) is 3. The lowest BCUT2D eigenvalue weighted by atomic mass is 10.1. The molecule has 20 heavy (non-hydrogen) atoms. The molecule has 0 bridgehead atoms. The van der Waals surface area contributed by atoms with E-state index < -0.39 is 0 Å². The summed E-state index contributed by atoms with van der Waals surface area (Å²) < 4.78 is 0.930. The average molecular weight is 361 g/mol. The number of benzene rings is 1. The van der Waals surface area contributed by atoms with Gasteiger partial charge in [0.1, 0.15) is 0 Å². The Balaban J connectivity index is 2.18. The van der Waals surface area contributed by atoms with Crippen LogP contribution in [0.5, 0.6) is 0 Å². The first-order valence-electron chi connectivity index (χ1n) is 6.99. The lowest BCUT2D eigenvalue weighted by Crippen LogP contribution is -2.36. The Morgan fingerprint density at radius 3 is 2.65 bits per heavy atom. The van der Waals surface area contributed by atoms with Crippen LogP contribution in [0.1, 0.15) is 18.5 Å². The molecule has 2 rings (SSSR count). The molecule has 1 heterocycles. The number of rotatable bonds is 4. The van der Waals surface area contributed by atoms with E-state index in [2.05, 4.69) is 52.8 Å². The summed E-state index contributed by atoms with van der Waals surface area (Å²) in [5, 5.41) is 0.748. The predicted molar refractivity (Wildman–Crippen MR) is 89.2 cm³/mol. The highest BCUT2D eigenvalue weighted by Gasteiger charge is 2.34. The molecule has 0 aromatic heterocycles. The molecule has 1 aromatic rings. The zero-order valence-corrected chi connectivity index (χ0v) is 14.7. The van der Waals surface area contributed by atoms with Gasteiger partial charge in [-0.15, -0.1) is 0 Å². The Bertz CT molecular complexity index is 466. The molecule has 0 radical (unpaired) electrons. The van der Waals surface area contributed by atoms with Crippen LogP contribution in [-0.4, -0.2) is 49.6 Å². The standard InChI is InChI=1S/C15H23BrClN3/c1-10-8-20(9-15(10)19(2)3)14(7-18)11-4-5-12(16)13(17)6-11/h4-6,10,14-15H,7-9,18H2,1-3H3. The molecule has 1 aliphatic heterocycles. The molecule has 1 saturated heterocycles. The second-order valence-electron chi connectivity index (χ2n) is 5.89. The summed E-state index contributed by atoms with van der Waals surface area (Å²) in [5.74, 6) is 0.657. The topological polar surface area (TPSA) is 32.5 Å². The van der Waals surface area contributed by atoms with Crippen molar-refractivity contribution in [2.24, 2.45) is 11.7 Å². The SMILES string of the molecule is CC1CN(C(CN)c2ccc(Br)c(Cl)c2)CC1N(C)C. The van der Waals surface area contributed by atoms with Crippen molar-refractivity contribution in [3.8, 4) is 0 Å². The maximum Gasteiger partial charge on any atom is 0.0551 e. The molecule has 1 aromatic carbocycles. The summed E-state index contributed by atoms with van der Waals surface area (Å²) in [5.41, 5.74) is 7.23. The molecule has 2 N–H and O–H groups in total. The van der Waals surface area contributed by atoms with Gasteiger partial charge in [-0.05, 0) is 53.6 Å². The Hall–Kier alpha value is -0.130. The minimum absolute atomic E-state index is 0.244. The van der Waals surface area contributed by atoms with Gasteiger partial charge in [-0.2, -0.15) is 0 Å². The minimum atomic E-state index is 0.244. The van der Waals surface area contributed by atoms with Crippen LogP contribution in [0.3, 0.4) is 0 Å². The summed E-state index contributed by atoms with van der Waals surface area (Å²) in [6.07, 6.45) is 0. The van der Waals surface area contributed by atoms with Gasteiger partial charge >= 0.3 is 0 Å². The van der Waals surface area contributed by atoms with Crippen LogP contribution in [-0.2, 0) is 0 Å². The summed E-state index contributed by atoms with van der Waals surface area (Å²) in [6.45, 7) is 5.07. The maximum absolute atomic E-state index is 6.21. The molecule has 0 aliphatic carbocycles. The van der Waals surface area contributed by atoms with Crippen LogP contribution in [0.15, 0.2) is 22.7 Å². The van der Waals surface area contributed by atoms with E-state index >= 15 is 0 Å². The molecule has 3 unspecified atom stereocenters. The smallest absolute Gasteiger partial charge is 0.0551 e. The molecule has 0 amide bonds. The molecule has 0 spiro atoms. The first kappa shape index (κ1) is 16.2. The molecule has 3 nitrogen and oxygen atoms in total. The van der Waals surface area contributed by atoms with Gasteiger partial charge in [0.2, 0.25) is 0 Å². The van der Waals surface area contributed by atoms with Crippen LogP contribution in [0, 0.1) is 5.92 Å². The first-order chi connectivity index (χ1) is 9.43. The summed E-state index contributed by atoms with van der Waals surface area (Å²) in [7, 11) is 4.30. The number of nitrogens with zero attached hydrogens (tertiary/aromatic N) is 2. The molecule has 0 saturated carbocycles. The van der Waals surface area contributed by atoms with Gasteiger partial charge in [0.25, 0.3) is 0 Å². The number of halogens is 2. The second-order valence-corrected chi connectivity index (χ2v) is 7.15. The Kier molecular flexibility index (Phi) is 5.49. The molecule has 112 valence electrons. The van der Waals surface area contributed by atoms with Crippen molar-refractivity contribution in [3.05, 3.63) is 33.3 Å². The lowest BCUT2D eigenvalue weighted by Gasteiger charge is -2.28. The van der Waals surface area contributed by atoms with Gasteiger partial charge in [0.15, 0.2) is 0 Å². The predicted octanol–water partition coefficient (Wildman–Crippen LogP) is 2.98. The highest BCUT2D eigenvalue weighted by Crippen LogP contribution is 2.32. The Morgan fingerprint density at radius 1 is 1.45 bits per heavy atom.